The van der Waals surface area contributed by atoms with Crippen molar-refractivity contribution in [1.29, 1.82) is 0 Å². The van der Waals surface area contributed by atoms with Crippen LogP contribution in [0.2, 0.25) is 0 Å². The lowest BCUT2D eigenvalue weighted by molar-refractivity contribution is 0.0889. The Kier molecular flexibility index (Phi) is 3.22. The normalized spacial score (nSPS) is 15.4. The fourth-order valence-electron chi connectivity index (χ4n) is 1.86. The Hall–Kier alpha value is -1.39. The highest BCUT2D eigenvalue weighted by atomic mass is 16.5. The Morgan fingerprint density at radius 1 is 1.62 bits per heavy atom. The van der Waals surface area contributed by atoms with Crippen LogP contribution in [0.3, 0.4) is 0 Å². The molecular weight excluding hydrogens is 206 g/mol. The molecule has 4 nitrogen and oxygen atoms in total. The molecule has 0 bridgehead atoms. The number of ether oxygens (including phenoxy) is 2. The van der Waals surface area contributed by atoms with Crippen molar-refractivity contribution in [3.8, 4) is 5.75 Å². The summed E-state index contributed by atoms with van der Waals surface area (Å²) in [5.74, 6) is 0.569. The van der Waals surface area contributed by atoms with Gasteiger partial charge >= 0.3 is 0 Å². The summed E-state index contributed by atoms with van der Waals surface area (Å²) in [5.41, 5.74) is 7.37. The summed E-state index contributed by atoms with van der Waals surface area (Å²) in [6, 6.07) is 4.96. The van der Waals surface area contributed by atoms with E-state index in [0.29, 0.717) is 17.9 Å². The summed E-state index contributed by atoms with van der Waals surface area (Å²) in [5, 5.41) is 0. The molecule has 0 amide bonds. The summed E-state index contributed by atoms with van der Waals surface area (Å²) >= 11 is 0. The number of nitrogens with two attached hydrogens (primary N) is 1. The van der Waals surface area contributed by atoms with Gasteiger partial charge < -0.3 is 15.2 Å². The van der Waals surface area contributed by atoms with Crippen LogP contribution in [0, 0.1) is 0 Å². The molecule has 0 spiro atoms. The summed E-state index contributed by atoms with van der Waals surface area (Å²) in [4.78, 5) is 12.0. The van der Waals surface area contributed by atoms with Crippen molar-refractivity contribution in [3.63, 3.8) is 0 Å². The van der Waals surface area contributed by atoms with Crippen molar-refractivity contribution in [2.24, 2.45) is 5.73 Å². The van der Waals surface area contributed by atoms with Gasteiger partial charge in [-0.25, -0.2) is 0 Å². The molecule has 0 aromatic heterocycles. The maximum atomic E-state index is 12.0. The quantitative estimate of drug-likeness (QED) is 0.763. The maximum Gasteiger partial charge on any atom is 0.185 e. The lowest BCUT2D eigenvalue weighted by Crippen LogP contribution is -2.35. The fourth-order valence-corrected chi connectivity index (χ4v) is 1.86. The smallest absolute Gasteiger partial charge is 0.185 e. The van der Waals surface area contributed by atoms with Crippen molar-refractivity contribution < 1.29 is 14.3 Å². The number of carbonyl (C=O) groups is 1. The second-order valence-electron chi connectivity index (χ2n) is 3.82. The molecule has 1 aromatic carbocycles. The molecule has 2 N–H and O–H groups in total. The SMILES string of the molecule is COCC(N)C(=O)c1cccc2c1OCC2. The predicted octanol–water partition coefficient (Wildman–Crippen LogP) is 0.778. The molecule has 0 radical (unpaired) electrons. The first-order valence-electron chi connectivity index (χ1n) is 5.27. The molecule has 0 aliphatic carbocycles. The molecular formula is C12H15NO3. The number of fused-ring (bicyclic) bond motifs is 1. The second-order valence-corrected chi connectivity index (χ2v) is 3.82. The van der Waals surface area contributed by atoms with Gasteiger partial charge in [0.15, 0.2) is 5.78 Å². The Morgan fingerprint density at radius 2 is 2.44 bits per heavy atom. The maximum absolute atomic E-state index is 12.0. The van der Waals surface area contributed by atoms with Crippen LogP contribution in [0.15, 0.2) is 18.2 Å². The van der Waals surface area contributed by atoms with Crippen molar-refractivity contribution in [3.05, 3.63) is 29.3 Å². The van der Waals surface area contributed by atoms with Gasteiger partial charge in [-0.05, 0) is 11.6 Å². The molecule has 1 atom stereocenters. The van der Waals surface area contributed by atoms with Gasteiger partial charge in [-0.1, -0.05) is 12.1 Å². The average Bonchev–Trinajstić information content (AvgIpc) is 2.76. The molecule has 1 unspecified atom stereocenters. The lowest BCUT2D eigenvalue weighted by Gasteiger charge is -2.11. The van der Waals surface area contributed by atoms with Crippen LogP contribution in [0.5, 0.6) is 5.75 Å². The largest absolute Gasteiger partial charge is 0.492 e. The molecule has 1 aliphatic heterocycles. The summed E-state index contributed by atoms with van der Waals surface area (Å²) in [7, 11) is 1.53. The van der Waals surface area contributed by atoms with E-state index in [1.165, 1.54) is 7.11 Å². The standard InChI is InChI=1S/C12H15NO3/c1-15-7-10(13)11(14)9-4-2-3-8-5-6-16-12(8)9/h2-4,10H,5-7,13H2,1H3. The Bertz CT molecular complexity index is 403. The van der Waals surface area contributed by atoms with Crippen molar-refractivity contribution in [2.75, 3.05) is 20.3 Å². The van der Waals surface area contributed by atoms with Gasteiger partial charge in [0.1, 0.15) is 5.75 Å². The van der Waals surface area contributed by atoms with E-state index in [1.54, 1.807) is 6.07 Å². The van der Waals surface area contributed by atoms with Gasteiger partial charge in [0.25, 0.3) is 0 Å². The molecule has 2 rings (SSSR count). The monoisotopic (exact) mass is 221 g/mol. The van der Waals surface area contributed by atoms with Gasteiger partial charge in [0, 0.05) is 13.5 Å². The van der Waals surface area contributed by atoms with E-state index in [-0.39, 0.29) is 12.4 Å². The van der Waals surface area contributed by atoms with E-state index in [0.717, 1.165) is 12.0 Å². The van der Waals surface area contributed by atoms with Crippen LogP contribution in [-0.4, -0.2) is 32.1 Å². The highest BCUT2D eigenvalue weighted by Crippen LogP contribution is 2.29. The summed E-state index contributed by atoms with van der Waals surface area (Å²) in [6.07, 6.45) is 0.857. The van der Waals surface area contributed by atoms with E-state index in [2.05, 4.69) is 0 Å². The molecule has 16 heavy (non-hydrogen) atoms. The molecule has 86 valence electrons. The van der Waals surface area contributed by atoms with Gasteiger partial charge in [0.05, 0.1) is 24.8 Å². The van der Waals surface area contributed by atoms with E-state index in [4.69, 9.17) is 15.2 Å². The lowest BCUT2D eigenvalue weighted by atomic mass is 10.0. The first kappa shape index (κ1) is 11.1. The number of rotatable bonds is 4. The topological polar surface area (TPSA) is 61.5 Å². The highest BCUT2D eigenvalue weighted by molar-refractivity contribution is 6.02. The van der Waals surface area contributed by atoms with Crippen LogP contribution >= 0.6 is 0 Å². The van der Waals surface area contributed by atoms with E-state index >= 15 is 0 Å². The molecule has 0 saturated heterocycles. The van der Waals surface area contributed by atoms with Gasteiger partial charge in [-0.2, -0.15) is 0 Å². The van der Waals surface area contributed by atoms with Crippen LogP contribution < -0.4 is 10.5 Å². The third-order valence-corrected chi connectivity index (χ3v) is 2.66. The Labute approximate surface area is 94.3 Å². The fraction of sp³-hybridized carbons (Fsp3) is 0.417. The Morgan fingerprint density at radius 3 is 3.19 bits per heavy atom. The third-order valence-electron chi connectivity index (χ3n) is 2.66. The van der Waals surface area contributed by atoms with Crippen molar-refractivity contribution in [1.82, 2.24) is 0 Å². The second kappa shape index (κ2) is 4.63. The predicted molar refractivity (Wildman–Crippen MR) is 59.8 cm³/mol. The zero-order chi connectivity index (χ0) is 11.5. The number of ketones is 1. The van der Waals surface area contributed by atoms with Crippen LogP contribution in [-0.2, 0) is 11.2 Å². The van der Waals surface area contributed by atoms with Crippen molar-refractivity contribution in [2.45, 2.75) is 12.5 Å². The number of hydrogen-bond donors (Lipinski definition) is 1. The van der Waals surface area contributed by atoms with Crippen molar-refractivity contribution >= 4 is 5.78 Å². The van der Waals surface area contributed by atoms with Crippen LogP contribution in [0.1, 0.15) is 15.9 Å². The van der Waals surface area contributed by atoms with Crippen LogP contribution in [0.25, 0.3) is 0 Å². The first-order valence-corrected chi connectivity index (χ1v) is 5.27. The number of para-hydroxylation sites is 1. The first-order chi connectivity index (χ1) is 7.74. The average molecular weight is 221 g/mol. The van der Waals surface area contributed by atoms with Gasteiger partial charge in [0.2, 0.25) is 0 Å². The minimum Gasteiger partial charge on any atom is -0.492 e. The minimum absolute atomic E-state index is 0.124. The molecule has 1 aliphatic rings. The van der Waals surface area contributed by atoms with E-state index < -0.39 is 6.04 Å². The molecule has 1 heterocycles. The third kappa shape index (κ3) is 1.94. The summed E-state index contributed by atoms with van der Waals surface area (Å²) < 4.78 is 10.3. The number of carbonyl (C=O) groups excluding carboxylic acids is 1. The molecule has 4 heteroatoms. The zero-order valence-electron chi connectivity index (χ0n) is 9.23. The Balaban J connectivity index is 2.27. The number of benzene rings is 1. The van der Waals surface area contributed by atoms with E-state index in [9.17, 15) is 4.79 Å². The number of methoxy groups -OCH3 is 1. The molecule has 0 saturated carbocycles. The zero-order valence-corrected chi connectivity index (χ0v) is 9.23. The molecule has 1 aromatic rings. The number of hydrogen-bond acceptors (Lipinski definition) is 4. The number of Topliss-reactive ketones (excluding diaryl/α,β-unsaturated/α-hetero) is 1. The van der Waals surface area contributed by atoms with Crippen LogP contribution in [0.4, 0.5) is 0 Å². The van der Waals surface area contributed by atoms with Gasteiger partial charge in [-0.3, -0.25) is 4.79 Å². The minimum atomic E-state index is -0.624. The summed E-state index contributed by atoms with van der Waals surface area (Å²) in [6.45, 7) is 0.863. The van der Waals surface area contributed by atoms with E-state index in [1.807, 2.05) is 12.1 Å². The van der Waals surface area contributed by atoms with Gasteiger partial charge in [-0.15, -0.1) is 0 Å². The molecule has 0 fully saturated rings. The highest BCUT2D eigenvalue weighted by Gasteiger charge is 2.23.